The number of anilines is 1. The standard InChI is InChI=1S/C31H39N3O5S/c1-6-29(31(36)32-7-2)33(21-25-12-10-9-11-24(25)5)30(35)22-34(26-15-17-27(18-16-26)39-8-3)40(37,38)28-19-13-23(4)14-20-28/h9-20,29H,6-8,21-22H2,1-5H3,(H,32,36)/t29-/m0/s1. The fraction of sp³-hybridized carbons (Fsp3) is 0.355. The van der Waals surface area contributed by atoms with Crippen LogP contribution in [0.15, 0.2) is 77.7 Å². The number of nitrogens with zero attached hydrogens (tertiary/aromatic N) is 2. The summed E-state index contributed by atoms with van der Waals surface area (Å²) in [5, 5.41) is 2.82. The average Bonchev–Trinajstić information content (AvgIpc) is 2.93. The molecule has 0 aliphatic rings. The van der Waals surface area contributed by atoms with Gasteiger partial charge in [-0.05, 0) is 81.6 Å². The van der Waals surface area contributed by atoms with Gasteiger partial charge in [-0.25, -0.2) is 8.42 Å². The van der Waals surface area contributed by atoms with Gasteiger partial charge in [-0.2, -0.15) is 0 Å². The Bertz CT molecular complexity index is 1390. The van der Waals surface area contributed by atoms with E-state index in [2.05, 4.69) is 5.32 Å². The lowest BCUT2D eigenvalue weighted by molar-refractivity contribution is -0.140. The maximum Gasteiger partial charge on any atom is 0.264 e. The van der Waals surface area contributed by atoms with E-state index < -0.39 is 28.5 Å². The van der Waals surface area contributed by atoms with Crippen molar-refractivity contribution in [3.8, 4) is 5.75 Å². The molecule has 0 saturated carbocycles. The van der Waals surface area contributed by atoms with E-state index in [0.717, 1.165) is 21.0 Å². The summed E-state index contributed by atoms with van der Waals surface area (Å²) in [5.41, 5.74) is 3.09. The summed E-state index contributed by atoms with van der Waals surface area (Å²) in [6.07, 6.45) is 0.372. The third-order valence-electron chi connectivity index (χ3n) is 6.66. The summed E-state index contributed by atoms with van der Waals surface area (Å²) >= 11 is 0. The molecular weight excluding hydrogens is 526 g/mol. The third kappa shape index (κ3) is 7.41. The first-order valence-corrected chi connectivity index (χ1v) is 15.0. The zero-order valence-electron chi connectivity index (χ0n) is 23.9. The molecule has 1 atom stereocenters. The molecule has 0 aromatic heterocycles. The minimum atomic E-state index is -4.12. The van der Waals surface area contributed by atoms with E-state index in [0.29, 0.717) is 31.0 Å². The first-order valence-electron chi connectivity index (χ1n) is 13.6. The molecule has 0 spiro atoms. The van der Waals surface area contributed by atoms with Crippen LogP contribution in [0.3, 0.4) is 0 Å². The molecule has 0 aliphatic heterocycles. The van der Waals surface area contributed by atoms with Crippen LogP contribution in [0.5, 0.6) is 5.75 Å². The number of aryl methyl sites for hydroxylation is 2. The van der Waals surface area contributed by atoms with E-state index in [1.807, 2.05) is 58.9 Å². The maximum absolute atomic E-state index is 14.1. The molecule has 9 heteroatoms. The van der Waals surface area contributed by atoms with Gasteiger partial charge in [0.05, 0.1) is 17.2 Å². The molecule has 214 valence electrons. The van der Waals surface area contributed by atoms with Gasteiger partial charge in [-0.3, -0.25) is 13.9 Å². The summed E-state index contributed by atoms with van der Waals surface area (Å²) in [7, 11) is -4.12. The Labute approximate surface area is 238 Å². The fourth-order valence-electron chi connectivity index (χ4n) is 4.42. The van der Waals surface area contributed by atoms with E-state index in [-0.39, 0.29) is 17.3 Å². The molecule has 1 N–H and O–H groups in total. The zero-order chi connectivity index (χ0) is 29.3. The summed E-state index contributed by atoms with van der Waals surface area (Å²) in [6.45, 7) is 9.92. The Kier molecular flexibility index (Phi) is 10.7. The number of hydrogen-bond donors (Lipinski definition) is 1. The lowest BCUT2D eigenvalue weighted by atomic mass is 10.1. The predicted molar refractivity (Wildman–Crippen MR) is 158 cm³/mol. The van der Waals surface area contributed by atoms with Crippen molar-refractivity contribution in [3.63, 3.8) is 0 Å². The highest BCUT2D eigenvalue weighted by Crippen LogP contribution is 2.27. The van der Waals surface area contributed by atoms with Gasteiger partial charge in [0.15, 0.2) is 0 Å². The van der Waals surface area contributed by atoms with Gasteiger partial charge in [0.1, 0.15) is 18.3 Å². The lowest BCUT2D eigenvalue weighted by Crippen LogP contribution is -2.52. The van der Waals surface area contributed by atoms with Crippen LogP contribution in [0.1, 0.15) is 43.9 Å². The molecule has 0 unspecified atom stereocenters. The van der Waals surface area contributed by atoms with Gasteiger partial charge in [0.25, 0.3) is 10.0 Å². The fourth-order valence-corrected chi connectivity index (χ4v) is 5.84. The first kappa shape index (κ1) is 30.7. The topological polar surface area (TPSA) is 96.0 Å². The van der Waals surface area contributed by atoms with Crippen molar-refractivity contribution in [3.05, 3.63) is 89.5 Å². The second-order valence-corrected chi connectivity index (χ2v) is 11.4. The number of carbonyl (C=O) groups is 2. The van der Waals surface area contributed by atoms with Crippen molar-refractivity contribution in [2.75, 3.05) is 24.0 Å². The van der Waals surface area contributed by atoms with Crippen LogP contribution in [0.4, 0.5) is 5.69 Å². The molecule has 0 saturated heterocycles. The first-order chi connectivity index (χ1) is 19.1. The monoisotopic (exact) mass is 565 g/mol. The highest BCUT2D eigenvalue weighted by Gasteiger charge is 2.33. The van der Waals surface area contributed by atoms with Crippen molar-refractivity contribution >= 4 is 27.5 Å². The van der Waals surface area contributed by atoms with E-state index in [1.165, 1.54) is 17.0 Å². The van der Waals surface area contributed by atoms with Crippen LogP contribution in [0, 0.1) is 13.8 Å². The van der Waals surface area contributed by atoms with Crippen LogP contribution in [-0.4, -0.2) is 50.9 Å². The quantitative estimate of drug-likeness (QED) is 0.320. The third-order valence-corrected chi connectivity index (χ3v) is 8.45. The summed E-state index contributed by atoms with van der Waals surface area (Å²) in [5.74, 6) is -0.166. The zero-order valence-corrected chi connectivity index (χ0v) is 24.7. The molecular formula is C31H39N3O5S. The van der Waals surface area contributed by atoms with Gasteiger partial charge in [-0.1, -0.05) is 48.9 Å². The Balaban J connectivity index is 2.07. The normalized spacial score (nSPS) is 11.9. The van der Waals surface area contributed by atoms with Crippen LogP contribution >= 0.6 is 0 Å². The molecule has 3 rings (SSSR count). The highest BCUT2D eigenvalue weighted by atomic mass is 32.2. The smallest absolute Gasteiger partial charge is 0.264 e. The molecule has 3 aromatic carbocycles. The molecule has 0 aliphatic carbocycles. The van der Waals surface area contributed by atoms with Crippen LogP contribution in [0.2, 0.25) is 0 Å². The number of carbonyl (C=O) groups excluding carboxylic acids is 2. The number of likely N-dealkylation sites (N-methyl/N-ethyl adjacent to an activating group) is 1. The second-order valence-electron chi connectivity index (χ2n) is 9.52. The van der Waals surface area contributed by atoms with Crippen LogP contribution in [-0.2, 0) is 26.2 Å². The number of ether oxygens (including phenoxy) is 1. The largest absolute Gasteiger partial charge is 0.494 e. The Morgan fingerprint density at radius 1 is 0.900 bits per heavy atom. The molecule has 0 fully saturated rings. The van der Waals surface area contributed by atoms with Crippen LogP contribution in [0.25, 0.3) is 0 Å². The number of sulfonamides is 1. The number of benzene rings is 3. The van der Waals surface area contributed by atoms with Gasteiger partial charge < -0.3 is 15.0 Å². The predicted octanol–water partition coefficient (Wildman–Crippen LogP) is 4.84. The Morgan fingerprint density at radius 2 is 1.55 bits per heavy atom. The van der Waals surface area contributed by atoms with Crippen molar-refractivity contribution in [1.29, 1.82) is 0 Å². The molecule has 0 radical (unpaired) electrons. The van der Waals surface area contributed by atoms with Crippen molar-refractivity contribution in [1.82, 2.24) is 10.2 Å². The minimum Gasteiger partial charge on any atom is -0.494 e. The maximum atomic E-state index is 14.1. The highest BCUT2D eigenvalue weighted by molar-refractivity contribution is 7.92. The van der Waals surface area contributed by atoms with Gasteiger partial charge in [0.2, 0.25) is 11.8 Å². The molecule has 0 heterocycles. The van der Waals surface area contributed by atoms with Gasteiger partial charge in [0, 0.05) is 13.1 Å². The van der Waals surface area contributed by atoms with Crippen molar-refractivity contribution in [2.24, 2.45) is 0 Å². The lowest BCUT2D eigenvalue weighted by Gasteiger charge is -2.33. The van der Waals surface area contributed by atoms with E-state index in [4.69, 9.17) is 4.74 Å². The Morgan fingerprint density at radius 3 is 2.12 bits per heavy atom. The molecule has 2 amide bonds. The van der Waals surface area contributed by atoms with Gasteiger partial charge in [-0.15, -0.1) is 0 Å². The molecule has 3 aromatic rings. The molecule has 8 nitrogen and oxygen atoms in total. The van der Waals surface area contributed by atoms with Crippen molar-refractivity contribution < 1.29 is 22.7 Å². The summed E-state index contributed by atoms with van der Waals surface area (Å²) < 4.78 is 34.5. The SMILES string of the molecule is CCNC(=O)[C@H](CC)N(Cc1ccccc1C)C(=O)CN(c1ccc(OCC)cc1)S(=O)(=O)c1ccc(C)cc1. The van der Waals surface area contributed by atoms with E-state index in [9.17, 15) is 18.0 Å². The van der Waals surface area contributed by atoms with E-state index in [1.54, 1.807) is 36.4 Å². The minimum absolute atomic E-state index is 0.0704. The van der Waals surface area contributed by atoms with Crippen molar-refractivity contribution in [2.45, 2.75) is 58.5 Å². The number of nitrogens with one attached hydrogen (secondary N) is 1. The van der Waals surface area contributed by atoms with Crippen LogP contribution < -0.4 is 14.4 Å². The van der Waals surface area contributed by atoms with Gasteiger partial charge >= 0.3 is 0 Å². The number of hydrogen-bond acceptors (Lipinski definition) is 5. The summed E-state index contributed by atoms with van der Waals surface area (Å²) in [4.78, 5) is 28.7. The second kappa shape index (κ2) is 14.0. The number of amides is 2. The Hall–Kier alpha value is -3.85. The summed E-state index contributed by atoms with van der Waals surface area (Å²) in [6, 6.07) is 20.0. The molecule has 0 bridgehead atoms. The van der Waals surface area contributed by atoms with E-state index >= 15 is 0 Å². The number of rotatable bonds is 13. The molecule has 40 heavy (non-hydrogen) atoms. The average molecular weight is 566 g/mol.